The van der Waals surface area contributed by atoms with E-state index < -0.39 is 0 Å². The zero-order valence-corrected chi connectivity index (χ0v) is 6.10. The summed E-state index contributed by atoms with van der Waals surface area (Å²) in [5, 5.41) is 2.70. The van der Waals surface area contributed by atoms with Crippen molar-refractivity contribution in [2.24, 2.45) is 0 Å². The van der Waals surface area contributed by atoms with E-state index in [1.54, 1.807) is 7.05 Å². The third kappa shape index (κ3) is 7.43. The SMILES string of the molecule is C.CNCC(=O)OC(C)C. The van der Waals surface area contributed by atoms with Crippen LogP contribution in [-0.4, -0.2) is 25.7 Å². The first-order chi connectivity index (χ1) is 4.16. The molecule has 0 atom stereocenters. The van der Waals surface area contributed by atoms with Gasteiger partial charge in [0.05, 0.1) is 12.6 Å². The summed E-state index contributed by atoms with van der Waals surface area (Å²) in [5.41, 5.74) is 0. The average Bonchev–Trinajstić information content (AvgIpc) is 1.63. The second-order valence-corrected chi connectivity index (χ2v) is 2.07. The van der Waals surface area contributed by atoms with Crippen molar-refractivity contribution in [3.63, 3.8) is 0 Å². The molecule has 0 aromatic heterocycles. The minimum Gasteiger partial charge on any atom is -0.462 e. The predicted octanol–water partition coefficient (Wildman–Crippen LogP) is 0.793. The number of esters is 1. The lowest BCUT2D eigenvalue weighted by Crippen LogP contribution is -2.23. The number of nitrogens with one attached hydrogen (secondary N) is 1. The van der Waals surface area contributed by atoms with E-state index >= 15 is 0 Å². The highest BCUT2D eigenvalue weighted by Gasteiger charge is 2.01. The van der Waals surface area contributed by atoms with Crippen LogP contribution in [0.15, 0.2) is 0 Å². The van der Waals surface area contributed by atoms with Crippen LogP contribution in [0.2, 0.25) is 0 Å². The van der Waals surface area contributed by atoms with E-state index in [1.807, 2.05) is 13.8 Å². The zero-order chi connectivity index (χ0) is 7.28. The van der Waals surface area contributed by atoms with Gasteiger partial charge >= 0.3 is 5.97 Å². The maximum Gasteiger partial charge on any atom is 0.320 e. The van der Waals surface area contributed by atoms with Crippen molar-refractivity contribution in [1.82, 2.24) is 5.32 Å². The van der Waals surface area contributed by atoms with Gasteiger partial charge in [0, 0.05) is 0 Å². The number of carbonyl (C=O) groups is 1. The third-order valence-electron chi connectivity index (χ3n) is 0.688. The second-order valence-electron chi connectivity index (χ2n) is 2.07. The molecule has 0 unspecified atom stereocenters. The van der Waals surface area contributed by atoms with Crippen LogP contribution in [-0.2, 0) is 9.53 Å². The smallest absolute Gasteiger partial charge is 0.320 e. The molecule has 0 aliphatic rings. The third-order valence-corrected chi connectivity index (χ3v) is 0.688. The van der Waals surface area contributed by atoms with Gasteiger partial charge in [-0.25, -0.2) is 0 Å². The van der Waals surface area contributed by atoms with E-state index in [2.05, 4.69) is 5.32 Å². The van der Waals surface area contributed by atoms with E-state index in [-0.39, 0.29) is 26.0 Å². The van der Waals surface area contributed by atoms with Gasteiger partial charge in [0.1, 0.15) is 0 Å². The minimum absolute atomic E-state index is 0. The molecule has 0 spiro atoms. The standard InChI is InChI=1S/C6H13NO2.CH4/c1-5(2)9-6(8)4-7-3;/h5,7H,4H2,1-3H3;1H4. The molecule has 0 radical (unpaired) electrons. The molecule has 62 valence electrons. The summed E-state index contributed by atoms with van der Waals surface area (Å²) in [6.07, 6.45) is -0.00847. The average molecular weight is 147 g/mol. The summed E-state index contributed by atoms with van der Waals surface area (Å²) in [6, 6.07) is 0. The Morgan fingerprint density at radius 3 is 2.40 bits per heavy atom. The maximum atomic E-state index is 10.6. The zero-order valence-electron chi connectivity index (χ0n) is 6.10. The van der Waals surface area contributed by atoms with Crippen LogP contribution in [0.25, 0.3) is 0 Å². The summed E-state index contributed by atoms with van der Waals surface area (Å²) < 4.78 is 4.79. The minimum atomic E-state index is -0.201. The number of ether oxygens (including phenoxy) is 1. The molecule has 0 aliphatic carbocycles. The fourth-order valence-electron chi connectivity index (χ4n) is 0.449. The summed E-state index contributed by atoms with van der Waals surface area (Å²) >= 11 is 0. The number of hydrogen-bond acceptors (Lipinski definition) is 3. The lowest BCUT2D eigenvalue weighted by Gasteiger charge is -2.05. The number of hydrogen-bond donors (Lipinski definition) is 1. The molecule has 0 heterocycles. The van der Waals surface area contributed by atoms with E-state index in [0.29, 0.717) is 0 Å². The van der Waals surface area contributed by atoms with Gasteiger partial charge in [-0.3, -0.25) is 4.79 Å². The quantitative estimate of drug-likeness (QED) is 0.600. The summed E-state index contributed by atoms with van der Waals surface area (Å²) in [4.78, 5) is 10.6. The molecular formula is C7H17NO2. The van der Waals surface area contributed by atoms with Gasteiger partial charge in [-0.1, -0.05) is 7.43 Å². The first-order valence-electron chi connectivity index (χ1n) is 3.01. The first-order valence-corrected chi connectivity index (χ1v) is 3.01. The molecule has 0 saturated carbocycles. The Bertz CT molecular complexity index is 91.6. The Morgan fingerprint density at radius 1 is 1.60 bits per heavy atom. The van der Waals surface area contributed by atoms with Gasteiger partial charge < -0.3 is 10.1 Å². The van der Waals surface area contributed by atoms with Crippen molar-refractivity contribution in [2.75, 3.05) is 13.6 Å². The van der Waals surface area contributed by atoms with E-state index in [1.165, 1.54) is 0 Å². The van der Waals surface area contributed by atoms with Crippen LogP contribution < -0.4 is 5.32 Å². The van der Waals surface area contributed by atoms with Gasteiger partial charge in [0.25, 0.3) is 0 Å². The number of likely N-dealkylation sites (N-methyl/N-ethyl adjacent to an activating group) is 1. The number of carbonyl (C=O) groups excluding carboxylic acids is 1. The summed E-state index contributed by atoms with van der Waals surface area (Å²) in [5.74, 6) is -0.201. The summed E-state index contributed by atoms with van der Waals surface area (Å²) in [6.45, 7) is 3.94. The Morgan fingerprint density at radius 2 is 2.10 bits per heavy atom. The molecule has 3 nitrogen and oxygen atoms in total. The van der Waals surface area contributed by atoms with Gasteiger partial charge in [-0.15, -0.1) is 0 Å². The van der Waals surface area contributed by atoms with Crippen LogP contribution in [0.4, 0.5) is 0 Å². The first kappa shape index (κ1) is 12.1. The molecule has 0 aromatic carbocycles. The van der Waals surface area contributed by atoms with Gasteiger partial charge in [-0.05, 0) is 20.9 Å². The monoisotopic (exact) mass is 147 g/mol. The second kappa shape index (κ2) is 6.55. The molecule has 1 N–H and O–H groups in total. The summed E-state index contributed by atoms with van der Waals surface area (Å²) in [7, 11) is 1.71. The Labute approximate surface area is 62.8 Å². The van der Waals surface area contributed by atoms with Crippen molar-refractivity contribution in [1.29, 1.82) is 0 Å². The highest BCUT2D eigenvalue weighted by Crippen LogP contribution is 1.86. The molecule has 0 saturated heterocycles. The predicted molar refractivity (Wildman–Crippen MR) is 41.9 cm³/mol. The molecule has 0 bridgehead atoms. The van der Waals surface area contributed by atoms with Crippen LogP contribution in [0.1, 0.15) is 21.3 Å². The lowest BCUT2D eigenvalue weighted by molar-refractivity contribution is -0.146. The highest BCUT2D eigenvalue weighted by molar-refractivity contribution is 5.71. The maximum absolute atomic E-state index is 10.6. The van der Waals surface area contributed by atoms with Crippen LogP contribution in [0, 0.1) is 0 Å². The topological polar surface area (TPSA) is 38.3 Å². The largest absolute Gasteiger partial charge is 0.462 e. The fraction of sp³-hybridized carbons (Fsp3) is 0.857. The molecule has 3 heteroatoms. The van der Waals surface area contributed by atoms with Gasteiger partial charge in [0.2, 0.25) is 0 Å². The molecule has 10 heavy (non-hydrogen) atoms. The van der Waals surface area contributed by atoms with Crippen molar-refractivity contribution in [3.8, 4) is 0 Å². The van der Waals surface area contributed by atoms with Gasteiger partial charge in [-0.2, -0.15) is 0 Å². The van der Waals surface area contributed by atoms with Crippen molar-refractivity contribution >= 4 is 5.97 Å². The molecular weight excluding hydrogens is 130 g/mol. The van der Waals surface area contributed by atoms with E-state index in [9.17, 15) is 4.79 Å². The molecule has 0 amide bonds. The highest BCUT2D eigenvalue weighted by atomic mass is 16.5. The van der Waals surface area contributed by atoms with Crippen molar-refractivity contribution < 1.29 is 9.53 Å². The van der Waals surface area contributed by atoms with Crippen LogP contribution in [0.5, 0.6) is 0 Å². The normalized spacial score (nSPS) is 8.80. The Kier molecular flexibility index (Phi) is 7.95. The van der Waals surface area contributed by atoms with Crippen molar-refractivity contribution in [3.05, 3.63) is 0 Å². The fourth-order valence-corrected chi connectivity index (χ4v) is 0.449. The van der Waals surface area contributed by atoms with E-state index in [0.717, 1.165) is 0 Å². The molecule has 0 aliphatic heterocycles. The van der Waals surface area contributed by atoms with Gasteiger partial charge in [0.15, 0.2) is 0 Å². The van der Waals surface area contributed by atoms with Crippen LogP contribution in [0.3, 0.4) is 0 Å². The number of rotatable bonds is 3. The molecule has 0 fully saturated rings. The van der Waals surface area contributed by atoms with Crippen molar-refractivity contribution in [2.45, 2.75) is 27.4 Å². The Hall–Kier alpha value is -0.570. The lowest BCUT2D eigenvalue weighted by atomic mass is 10.5. The Balaban J connectivity index is 0. The molecule has 0 rings (SSSR count). The van der Waals surface area contributed by atoms with Crippen LogP contribution >= 0.6 is 0 Å². The molecule has 0 aromatic rings. The van der Waals surface area contributed by atoms with E-state index in [4.69, 9.17) is 4.74 Å².